The van der Waals surface area contributed by atoms with E-state index in [0.717, 1.165) is 64.1 Å². The van der Waals surface area contributed by atoms with Gasteiger partial charge < -0.3 is 14.9 Å². The van der Waals surface area contributed by atoms with E-state index < -0.39 is 5.97 Å². The predicted molar refractivity (Wildman–Crippen MR) is 105 cm³/mol. The highest BCUT2D eigenvalue weighted by Gasteiger charge is 2.27. The second kappa shape index (κ2) is 9.33. The van der Waals surface area contributed by atoms with Crippen LogP contribution in [0.5, 0.6) is 0 Å². The SMILES string of the molecule is CN1CCCN(CC(=O)N2CCC(Cc3ccc(CC(=O)O)cc3)C2)CC1. The van der Waals surface area contributed by atoms with E-state index in [0.29, 0.717) is 12.5 Å². The minimum atomic E-state index is -0.802. The average Bonchev–Trinajstić information content (AvgIpc) is 3.00. The van der Waals surface area contributed by atoms with Crippen LogP contribution >= 0.6 is 0 Å². The third-order valence-corrected chi connectivity index (χ3v) is 5.71. The van der Waals surface area contributed by atoms with Gasteiger partial charge in [0.05, 0.1) is 13.0 Å². The van der Waals surface area contributed by atoms with Crippen LogP contribution in [-0.2, 0) is 22.4 Å². The van der Waals surface area contributed by atoms with Gasteiger partial charge in [-0.3, -0.25) is 14.5 Å². The van der Waals surface area contributed by atoms with Gasteiger partial charge in [-0.2, -0.15) is 0 Å². The molecule has 2 aliphatic rings. The Morgan fingerprint density at radius 3 is 2.52 bits per heavy atom. The summed E-state index contributed by atoms with van der Waals surface area (Å²) in [7, 11) is 2.14. The van der Waals surface area contributed by atoms with Crippen molar-refractivity contribution in [3.05, 3.63) is 35.4 Å². The Morgan fingerprint density at radius 2 is 1.78 bits per heavy atom. The second-order valence-electron chi connectivity index (χ2n) is 8.02. The lowest BCUT2D eigenvalue weighted by Crippen LogP contribution is -2.40. The molecule has 148 valence electrons. The van der Waals surface area contributed by atoms with Gasteiger partial charge in [0, 0.05) is 26.2 Å². The first kappa shape index (κ1) is 19.8. The molecular formula is C21H31N3O3. The van der Waals surface area contributed by atoms with E-state index in [2.05, 4.69) is 16.8 Å². The van der Waals surface area contributed by atoms with Gasteiger partial charge in [0.2, 0.25) is 5.91 Å². The Morgan fingerprint density at radius 1 is 1.04 bits per heavy atom. The van der Waals surface area contributed by atoms with Crippen molar-refractivity contribution in [3.8, 4) is 0 Å². The van der Waals surface area contributed by atoms with Crippen molar-refractivity contribution in [1.82, 2.24) is 14.7 Å². The number of likely N-dealkylation sites (N-methyl/N-ethyl adjacent to an activating group) is 1. The number of benzene rings is 1. The van der Waals surface area contributed by atoms with Gasteiger partial charge in [0.15, 0.2) is 0 Å². The lowest BCUT2D eigenvalue weighted by atomic mass is 9.97. The van der Waals surface area contributed by atoms with Crippen LogP contribution in [0, 0.1) is 5.92 Å². The Kier molecular flexibility index (Phi) is 6.85. The van der Waals surface area contributed by atoms with Crippen LogP contribution in [0.2, 0.25) is 0 Å². The number of nitrogens with zero attached hydrogens (tertiary/aromatic N) is 3. The van der Waals surface area contributed by atoms with E-state index in [4.69, 9.17) is 5.11 Å². The van der Waals surface area contributed by atoms with Crippen LogP contribution in [0.25, 0.3) is 0 Å². The number of likely N-dealkylation sites (tertiary alicyclic amines) is 1. The van der Waals surface area contributed by atoms with E-state index in [9.17, 15) is 9.59 Å². The third kappa shape index (κ3) is 6.04. The van der Waals surface area contributed by atoms with Gasteiger partial charge >= 0.3 is 5.97 Å². The molecule has 2 saturated heterocycles. The summed E-state index contributed by atoms with van der Waals surface area (Å²) < 4.78 is 0. The van der Waals surface area contributed by atoms with Crippen molar-refractivity contribution in [2.45, 2.75) is 25.7 Å². The summed E-state index contributed by atoms with van der Waals surface area (Å²) in [5.74, 6) is -0.0443. The number of aliphatic carboxylic acids is 1. The molecule has 1 unspecified atom stereocenters. The van der Waals surface area contributed by atoms with Crippen molar-refractivity contribution in [2.24, 2.45) is 5.92 Å². The number of carbonyl (C=O) groups excluding carboxylic acids is 1. The summed E-state index contributed by atoms with van der Waals surface area (Å²) in [6.45, 7) is 6.37. The molecule has 27 heavy (non-hydrogen) atoms. The Bertz CT molecular complexity index is 647. The molecule has 2 fully saturated rings. The van der Waals surface area contributed by atoms with E-state index >= 15 is 0 Å². The summed E-state index contributed by atoms with van der Waals surface area (Å²) >= 11 is 0. The number of carboxylic acid groups (broad SMARTS) is 1. The summed E-state index contributed by atoms with van der Waals surface area (Å²) in [6.07, 6.45) is 3.19. The zero-order chi connectivity index (χ0) is 19.2. The highest BCUT2D eigenvalue weighted by Crippen LogP contribution is 2.21. The molecule has 2 aliphatic heterocycles. The molecule has 0 aromatic heterocycles. The zero-order valence-electron chi connectivity index (χ0n) is 16.3. The maximum absolute atomic E-state index is 12.7. The quantitative estimate of drug-likeness (QED) is 0.815. The summed E-state index contributed by atoms with van der Waals surface area (Å²) in [5, 5.41) is 8.85. The minimum absolute atomic E-state index is 0.0677. The van der Waals surface area contributed by atoms with E-state index in [1.165, 1.54) is 5.56 Å². The molecule has 1 aromatic carbocycles. The fourth-order valence-corrected chi connectivity index (χ4v) is 4.08. The molecule has 6 nitrogen and oxygen atoms in total. The van der Waals surface area contributed by atoms with Crippen LogP contribution in [-0.4, -0.2) is 84.5 Å². The first-order valence-corrected chi connectivity index (χ1v) is 9.98. The average molecular weight is 373 g/mol. The number of carbonyl (C=O) groups is 2. The standard InChI is InChI=1S/C21H31N3O3/c1-22-8-2-9-23(12-11-22)16-20(25)24-10-7-19(15-24)13-17-3-5-18(6-4-17)14-21(26)27/h3-6,19H,2,7-16H2,1H3,(H,26,27). The van der Waals surface area contributed by atoms with Crippen molar-refractivity contribution >= 4 is 11.9 Å². The number of amides is 1. The summed E-state index contributed by atoms with van der Waals surface area (Å²) in [6, 6.07) is 7.85. The molecule has 3 rings (SSSR count). The van der Waals surface area contributed by atoms with E-state index in [-0.39, 0.29) is 12.3 Å². The molecule has 6 heteroatoms. The van der Waals surface area contributed by atoms with Crippen LogP contribution in [0.1, 0.15) is 24.0 Å². The molecule has 0 saturated carbocycles. The lowest BCUT2D eigenvalue weighted by Gasteiger charge is -2.23. The summed E-state index contributed by atoms with van der Waals surface area (Å²) in [4.78, 5) is 30.1. The highest BCUT2D eigenvalue weighted by molar-refractivity contribution is 5.78. The fourth-order valence-electron chi connectivity index (χ4n) is 4.08. The predicted octanol–water partition coefficient (Wildman–Crippen LogP) is 1.34. The van der Waals surface area contributed by atoms with Gasteiger partial charge in [0.25, 0.3) is 0 Å². The first-order valence-electron chi connectivity index (χ1n) is 9.98. The number of hydrogen-bond acceptors (Lipinski definition) is 4. The number of carboxylic acids is 1. The molecule has 0 spiro atoms. The number of hydrogen-bond donors (Lipinski definition) is 1. The highest BCUT2D eigenvalue weighted by atomic mass is 16.4. The molecule has 1 N–H and O–H groups in total. The van der Waals surface area contributed by atoms with Crippen LogP contribution in [0.15, 0.2) is 24.3 Å². The van der Waals surface area contributed by atoms with Crippen molar-refractivity contribution in [2.75, 3.05) is 52.9 Å². The molecule has 0 radical (unpaired) electrons. The van der Waals surface area contributed by atoms with Crippen molar-refractivity contribution < 1.29 is 14.7 Å². The largest absolute Gasteiger partial charge is 0.481 e. The Labute approximate surface area is 161 Å². The number of rotatable bonds is 6. The maximum Gasteiger partial charge on any atom is 0.307 e. The molecule has 0 bridgehead atoms. The third-order valence-electron chi connectivity index (χ3n) is 5.71. The normalized spacial score (nSPS) is 22.0. The lowest BCUT2D eigenvalue weighted by molar-refractivity contribution is -0.136. The smallest absolute Gasteiger partial charge is 0.307 e. The second-order valence-corrected chi connectivity index (χ2v) is 8.02. The molecule has 2 heterocycles. The van der Waals surface area contributed by atoms with E-state index in [1.807, 2.05) is 29.2 Å². The van der Waals surface area contributed by atoms with E-state index in [1.54, 1.807) is 0 Å². The van der Waals surface area contributed by atoms with Crippen molar-refractivity contribution in [1.29, 1.82) is 0 Å². The topological polar surface area (TPSA) is 64.1 Å². The Hall–Kier alpha value is -1.92. The van der Waals surface area contributed by atoms with Gasteiger partial charge in [-0.15, -0.1) is 0 Å². The molecule has 1 amide bonds. The van der Waals surface area contributed by atoms with Gasteiger partial charge in [-0.1, -0.05) is 24.3 Å². The monoisotopic (exact) mass is 373 g/mol. The molecular weight excluding hydrogens is 342 g/mol. The maximum atomic E-state index is 12.7. The van der Waals surface area contributed by atoms with Gasteiger partial charge in [0.1, 0.15) is 0 Å². The molecule has 0 aliphatic carbocycles. The fraction of sp³-hybridized carbons (Fsp3) is 0.619. The van der Waals surface area contributed by atoms with Crippen LogP contribution in [0.3, 0.4) is 0 Å². The summed E-state index contributed by atoms with van der Waals surface area (Å²) in [5.41, 5.74) is 2.05. The zero-order valence-corrected chi connectivity index (χ0v) is 16.3. The molecule has 1 aromatic rings. The first-order chi connectivity index (χ1) is 13.0. The minimum Gasteiger partial charge on any atom is -0.481 e. The van der Waals surface area contributed by atoms with Gasteiger partial charge in [-0.05, 0) is 56.4 Å². The van der Waals surface area contributed by atoms with Crippen LogP contribution in [0.4, 0.5) is 0 Å². The van der Waals surface area contributed by atoms with Crippen LogP contribution < -0.4 is 0 Å². The molecule has 1 atom stereocenters. The van der Waals surface area contributed by atoms with Gasteiger partial charge in [-0.25, -0.2) is 0 Å². The Balaban J connectivity index is 1.45. The van der Waals surface area contributed by atoms with Crippen molar-refractivity contribution in [3.63, 3.8) is 0 Å².